The van der Waals surface area contributed by atoms with Crippen molar-refractivity contribution >= 4 is 0 Å². The van der Waals surface area contributed by atoms with Crippen molar-refractivity contribution in [1.82, 2.24) is 5.32 Å². The number of hydrogen-bond donors (Lipinski definition) is 1. The van der Waals surface area contributed by atoms with E-state index in [1.165, 1.54) is 38.8 Å². The molecule has 0 radical (unpaired) electrons. The van der Waals surface area contributed by atoms with E-state index in [1.54, 1.807) is 0 Å². The fourth-order valence-electron chi connectivity index (χ4n) is 2.11. The van der Waals surface area contributed by atoms with Crippen molar-refractivity contribution in [1.29, 1.82) is 0 Å². The molecule has 1 spiro atoms. The fourth-order valence-corrected chi connectivity index (χ4v) is 2.11. The van der Waals surface area contributed by atoms with Crippen LogP contribution in [0.4, 0.5) is 0 Å². The Morgan fingerprint density at radius 1 is 1.00 bits per heavy atom. The highest BCUT2D eigenvalue weighted by atomic mass is 16.5. The van der Waals surface area contributed by atoms with E-state index in [-0.39, 0.29) is 0 Å². The van der Waals surface area contributed by atoms with E-state index in [9.17, 15) is 0 Å². The summed E-state index contributed by atoms with van der Waals surface area (Å²) in [7, 11) is 0. The predicted octanol–water partition coefficient (Wildman–Crippen LogP) is 1.17. The summed E-state index contributed by atoms with van der Waals surface area (Å²) < 4.78 is 5.29. The Bertz CT molecular complexity index is 122. The first-order chi connectivity index (χ1) is 5.41. The van der Waals surface area contributed by atoms with Crippen LogP contribution < -0.4 is 5.32 Å². The molecule has 64 valence electrons. The molecule has 1 N–H and O–H groups in total. The van der Waals surface area contributed by atoms with Crippen LogP contribution >= 0.6 is 0 Å². The molecule has 2 heterocycles. The highest BCUT2D eigenvalue weighted by Gasteiger charge is 2.37. The van der Waals surface area contributed by atoms with Crippen LogP contribution in [-0.4, -0.2) is 26.3 Å². The van der Waals surface area contributed by atoms with Crippen molar-refractivity contribution < 1.29 is 4.74 Å². The summed E-state index contributed by atoms with van der Waals surface area (Å²) in [4.78, 5) is 0. The molecule has 2 aliphatic rings. The summed E-state index contributed by atoms with van der Waals surface area (Å²) in [6, 6.07) is 0. The van der Waals surface area contributed by atoms with E-state index in [4.69, 9.17) is 4.74 Å². The van der Waals surface area contributed by atoms with Gasteiger partial charge in [0.25, 0.3) is 0 Å². The maximum absolute atomic E-state index is 5.29. The molecule has 2 saturated heterocycles. The Morgan fingerprint density at radius 3 is 2.09 bits per heavy atom. The average Bonchev–Trinajstić information content (AvgIpc) is 1.82. The molecule has 0 aromatic heterocycles. The van der Waals surface area contributed by atoms with Crippen molar-refractivity contribution in [3.05, 3.63) is 0 Å². The first-order valence-corrected chi connectivity index (χ1v) is 4.70. The van der Waals surface area contributed by atoms with Gasteiger partial charge in [-0.15, -0.1) is 0 Å². The standard InChI is InChI=1S/C9H17NO/c1-3-9(7-11-8-9)4-2-6-10-5-1/h10H,1-8H2. The smallest absolute Gasteiger partial charge is 0.0544 e. The van der Waals surface area contributed by atoms with Gasteiger partial charge in [0.15, 0.2) is 0 Å². The van der Waals surface area contributed by atoms with Crippen LogP contribution in [0.3, 0.4) is 0 Å². The largest absolute Gasteiger partial charge is 0.380 e. The van der Waals surface area contributed by atoms with Gasteiger partial charge in [0.05, 0.1) is 13.2 Å². The monoisotopic (exact) mass is 155 g/mol. The zero-order chi connectivity index (χ0) is 7.57. The van der Waals surface area contributed by atoms with E-state index in [0.717, 1.165) is 13.2 Å². The second-order valence-corrected chi connectivity index (χ2v) is 3.95. The molecule has 0 unspecified atom stereocenters. The molecule has 0 aliphatic carbocycles. The van der Waals surface area contributed by atoms with E-state index >= 15 is 0 Å². The lowest BCUT2D eigenvalue weighted by Gasteiger charge is -2.42. The summed E-state index contributed by atoms with van der Waals surface area (Å²) in [5.74, 6) is 0. The first-order valence-electron chi connectivity index (χ1n) is 4.70. The summed E-state index contributed by atoms with van der Waals surface area (Å²) in [6.45, 7) is 4.49. The number of ether oxygens (including phenoxy) is 1. The lowest BCUT2D eigenvalue weighted by molar-refractivity contribution is -0.124. The quantitative estimate of drug-likeness (QED) is 0.567. The molecule has 0 amide bonds. The van der Waals surface area contributed by atoms with Crippen molar-refractivity contribution in [2.45, 2.75) is 25.7 Å². The summed E-state index contributed by atoms with van der Waals surface area (Å²) in [6.07, 6.45) is 5.42. The molecule has 0 bridgehead atoms. The Hall–Kier alpha value is -0.0800. The Balaban J connectivity index is 1.86. The maximum Gasteiger partial charge on any atom is 0.0544 e. The minimum absolute atomic E-state index is 0.613. The predicted molar refractivity (Wildman–Crippen MR) is 44.6 cm³/mol. The second kappa shape index (κ2) is 3.11. The van der Waals surface area contributed by atoms with Crippen LogP contribution in [0.25, 0.3) is 0 Å². The third kappa shape index (κ3) is 1.57. The van der Waals surface area contributed by atoms with Gasteiger partial charge < -0.3 is 10.1 Å². The van der Waals surface area contributed by atoms with E-state index in [0.29, 0.717) is 5.41 Å². The molecule has 2 rings (SSSR count). The Morgan fingerprint density at radius 2 is 1.64 bits per heavy atom. The van der Waals surface area contributed by atoms with Crippen LogP contribution in [0.5, 0.6) is 0 Å². The number of hydrogen-bond acceptors (Lipinski definition) is 2. The normalized spacial score (nSPS) is 30.5. The third-order valence-corrected chi connectivity index (χ3v) is 2.94. The lowest BCUT2D eigenvalue weighted by Crippen LogP contribution is -2.44. The lowest BCUT2D eigenvalue weighted by atomic mass is 9.77. The van der Waals surface area contributed by atoms with Crippen molar-refractivity contribution in [2.75, 3.05) is 26.3 Å². The molecule has 2 aliphatic heterocycles. The molecule has 2 nitrogen and oxygen atoms in total. The third-order valence-electron chi connectivity index (χ3n) is 2.94. The van der Waals surface area contributed by atoms with Gasteiger partial charge in [0.2, 0.25) is 0 Å². The minimum Gasteiger partial charge on any atom is -0.380 e. The van der Waals surface area contributed by atoms with Crippen molar-refractivity contribution in [3.63, 3.8) is 0 Å². The maximum atomic E-state index is 5.29. The number of rotatable bonds is 0. The van der Waals surface area contributed by atoms with Gasteiger partial charge in [-0.25, -0.2) is 0 Å². The van der Waals surface area contributed by atoms with Crippen LogP contribution in [0, 0.1) is 5.41 Å². The van der Waals surface area contributed by atoms with Gasteiger partial charge in [-0.05, 0) is 38.8 Å². The van der Waals surface area contributed by atoms with Crippen LogP contribution in [0.15, 0.2) is 0 Å². The van der Waals surface area contributed by atoms with Gasteiger partial charge >= 0.3 is 0 Å². The van der Waals surface area contributed by atoms with Crippen molar-refractivity contribution in [3.8, 4) is 0 Å². The summed E-state index contributed by atoms with van der Waals surface area (Å²) in [5.41, 5.74) is 0.613. The zero-order valence-electron chi connectivity index (χ0n) is 7.07. The molecule has 0 aromatic rings. The Labute approximate surface area is 68.3 Å². The number of nitrogens with one attached hydrogen (secondary N) is 1. The highest BCUT2D eigenvalue weighted by Crippen LogP contribution is 2.37. The van der Waals surface area contributed by atoms with Crippen LogP contribution in [-0.2, 0) is 4.74 Å². The molecule has 0 aromatic carbocycles. The molecular weight excluding hydrogens is 138 g/mol. The van der Waals surface area contributed by atoms with Crippen molar-refractivity contribution in [2.24, 2.45) is 5.41 Å². The van der Waals surface area contributed by atoms with E-state index in [2.05, 4.69) is 5.32 Å². The average molecular weight is 155 g/mol. The van der Waals surface area contributed by atoms with Gasteiger partial charge in [-0.2, -0.15) is 0 Å². The second-order valence-electron chi connectivity index (χ2n) is 3.95. The molecule has 0 saturated carbocycles. The summed E-state index contributed by atoms with van der Waals surface area (Å²) in [5, 5.41) is 3.43. The highest BCUT2D eigenvalue weighted by molar-refractivity contribution is 4.86. The Kier molecular flexibility index (Phi) is 2.14. The van der Waals surface area contributed by atoms with Crippen LogP contribution in [0.1, 0.15) is 25.7 Å². The molecule has 2 fully saturated rings. The SMILES string of the molecule is C1CNCCCC2(C1)COC2. The minimum atomic E-state index is 0.613. The van der Waals surface area contributed by atoms with Gasteiger partial charge in [-0.3, -0.25) is 0 Å². The van der Waals surface area contributed by atoms with Crippen LogP contribution in [0.2, 0.25) is 0 Å². The topological polar surface area (TPSA) is 21.3 Å². The first kappa shape index (κ1) is 7.56. The van der Waals surface area contributed by atoms with Gasteiger partial charge in [-0.1, -0.05) is 0 Å². The zero-order valence-corrected chi connectivity index (χ0v) is 7.07. The van der Waals surface area contributed by atoms with E-state index in [1.807, 2.05) is 0 Å². The summed E-state index contributed by atoms with van der Waals surface area (Å²) >= 11 is 0. The van der Waals surface area contributed by atoms with Gasteiger partial charge in [0.1, 0.15) is 0 Å². The molecule has 11 heavy (non-hydrogen) atoms. The fraction of sp³-hybridized carbons (Fsp3) is 1.00. The molecule has 0 atom stereocenters. The van der Waals surface area contributed by atoms with Gasteiger partial charge in [0, 0.05) is 5.41 Å². The van der Waals surface area contributed by atoms with E-state index < -0.39 is 0 Å². The molecular formula is C9H17NO. The molecule has 2 heteroatoms.